The zero-order chi connectivity index (χ0) is 12.4. The summed E-state index contributed by atoms with van der Waals surface area (Å²) in [6.07, 6.45) is 4.26. The van der Waals surface area contributed by atoms with Crippen LogP contribution in [0.1, 0.15) is 5.69 Å². The summed E-state index contributed by atoms with van der Waals surface area (Å²) in [6.45, 7) is 0.590. The van der Waals surface area contributed by atoms with Crippen molar-refractivity contribution in [2.45, 2.75) is 16.6 Å². The Morgan fingerprint density at radius 3 is 3.11 bits per heavy atom. The normalized spacial score (nSPS) is 11.2. The van der Waals surface area contributed by atoms with Gasteiger partial charge in [0.1, 0.15) is 17.0 Å². The standard InChI is InChI=1S/C11H12N6S/c12-5-4-8-10(18-11-13-7-14-16-11)15-9-3-1-2-6-17(8)9/h1-3,6-7H,4-5,12H2,(H,13,14,16). The number of H-pyrrole nitrogens is 1. The summed E-state index contributed by atoms with van der Waals surface area (Å²) in [6, 6.07) is 5.93. The average molecular weight is 260 g/mol. The first-order valence-corrected chi connectivity index (χ1v) is 6.39. The van der Waals surface area contributed by atoms with Crippen LogP contribution in [0.15, 0.2) is 40.9 Å². The van der Waals surface area contributed by atoms with E-state index >= 15 is 0 Å². The van der Waals surface area contributed by atoms with Gasteiger partial charge in [-0.15, -0.1) is 0 Å². The Hall–Kier alpha value is -1.86. The number of nitrogens with one attached hydrogen (secondary N) is 1. The van der Waals surface area contributed by atoms with E-state index in [9.17, 15) is 0 Å². The van der Waals surface area contributed by atoms with Crippen molar-refractivity contribution in [3.63, 3.8) is 0 Å². The Balaban J connectivity index is 2.06. The summed E-state index contributed by atoms with van der Waals surface area (Å²) in [5.74, 6) is 0. The molecule has 0 amide bonds. The van der Waals surface area contributed by atoms with Crippen molar-refractivity contribution >= 4 is 17.4 Å². The van der Waals surface area contributed by atoms with Crippen molar-refractivity contribution < 1.29 is 0 Å². The number of nitrogens with zero attached hydrogens (tertiary/aromatic N) is 4. The monoisotopic (exact) mass is 260 g/mol. The third-order valence-electron chi connectivity index (χ3n) is 2.56. The Bertz CT molecular complexity index is 645. The molecule has 0 spiro atoms. The number of pyridine rings is 1. The zero-order valence-corrected chi connectivity index (χ0v) is 10.4. The van der Waals surface area contributed by atoms with Gasteiger partial charge in [0.15, 0.2) is 5.16 Å². The van der Waals surface area contributed by atoms with Crippen LogP contribution in [-0.4, -0.2) is 31.1 Å². The van der Waals surface area contributed by atoms with Crippen LogP contribution in [0, 0.1) is 0 Å². The molecule has 0 saturated heterocycles. The molecular formula is C11H12N6S. The molecule has 7 heteroatoms. The summed E-state index contributed by atoms with van der Waals surface area (Å²) >= 11 is 1.47. The highest BCUT2D eigenvalue weighted by atomic mass is 32.2. The van der Waals surface area contributed by atoms with Crippen molar-refractivity contribution in [1.29, 1.82) is 0 Å². The number of aromatic nitrogens is 5. The molecule has 6 nitrogen and oxygen atoms in total. The van der Waals surface area contributed by atoms with Gasteiger partial charge in [-0.1, -0.05) is 6.07 Å². The summed E-state index contributed by atoms with van der Waals surface area (Å²) < 4.78 is 2.06. The SMILES string of the molecule is NCCc1c(Sc2ncn[nH]2)nc2ccccn12. The fraction of sp³-hybridized carbons (Fsp3) is 0.182. The minimum atomic E-state index is 0.590. The molecule has 0 bridgehead atoms. The van der Waals surface area contributed by atoms with E-state index in [1.165, 1.54) is 18.1 Å². The maximum absolute atomic E-state index is 5.67. The largest absolute Gasteiger partial charge is 0.330 e. The molecule has 3 aromatic rings. The quantitative estimate of drug-likeness (QED) is 0.734. The minimum absolute atomic E-state index is 0.590. The van der Waals surface area contributed by atoms with E-state index in [0.29, 0.717) is 6.54 Å². The first kappa shape index (κ1) is 11.2. The van der Waals surface area contributed by atoms with Gasteiger partial charge in [-0.05, 0) is 30.4 Å². The van der Waals surface area contributed by atoms with Crippen molar-refractivity contribution in [2.75, 3.05) is 6.54 Å². The lowest BCUT2D eigenvalue weighted by atomic mass is 10.3. The second-order valence-electron chi connectivity index (χ2n) is 3.72. The van der Waals surface area contributed by atoms with Gasteiger partial charge in [0.25, 0.3) is 0 Å². The van der Waals surface area contributed by atoms with Gasteiger partial charge < -0.3 is 10.1 Å². The van der Waals surface area contributed by atoms with E-state index in [1.807, 2.05) is 24.4 Å². The van der Waals surface area contributed by atoms with Crippen LogP contribution in [0.4, 0.5) is 0 Å². The third-order valence-corrected chi connectivity index (χ3v) is 3.47. The predicted molar refractivity (Wildman–Crippen MR) is 68.5 cm³/mol. The van der Waals surface area contributed by atoms with Gasteiger partial charge >= 0.3 is 0 Å². The Morgan fingerprint density at radius 2 is 2.33 bits per heavy atom. The van der Waals surface area contributed by atoms with E-state index < -0.39 is 0 Å². The Labute approximate surface area is 108 Å². The molecule has 0 aromatic carbocycles. The molecule has 0 atom stereocenters. The number of hydrogen-bond acceptors (Lipinski definition) is 5. The minimum Gasteiger partial charge on any atom is -0.330 e. The molecule has 3 N–H and O–H groups in total. The highest BCUT2D eigenvalue weighted by Crippen LogP contribution is 2.27. The molecule has 0 saturated carbocycles. The summed E-state index contributed by atoms with van der Waals surface area (Å²) in [7, 11) is 0. The van der Waals surface area contributed by atoms with Crippen LogP contribution in [0.5, 0.6) is 0 Å². The number of rotatable bonds is 4. The van der Waals surface area contributed by atoms with Crippen molar-refractivity contribution in [2.24, 2.45) is 5.73 Å². The van der Waals surface area contributed by atoms with Crippen molar-refractivity contribution in [3.05, 3.63) is 36.4 Å². The second kappa shape index (κ2) is 4.79. The predicted octanol–water partition coefficient (Wildman–Crippen LogP) is 1.10. The molecule has 3 rings (SSSR count). The molecule has 0 unspecified atom stereocenters. The summed E-state index contributed by atoms with van der Waals surface area (Å²) in [4.78, 5) is 8.69. The number of aromatic amines is 1. The van der Waals surface area contributed by atoms with Crippen LogP contribution >= 0.6 is 11.8 Å². The Morgan fingerprint density at radius 1 is 1.39 bits per heavy atom. The third kappa shape index (κ3) is 1.98. The maximum Gasteiger partial charge on any atom is 0.189 e. The van der Waals surface area contributed by atoms with E-state index in [1.54, 1.807) is 0 Å². The van der Waals surface area contributed by atoms with Gasteiger partial charge in [-0.25, -0.2) is 9.97 Å². The number of nitrogens with two attached hydrogens (primary N) is 1. The molecule has 92 valence electrons. The lowest BCUT2D eigenvalue weighted by Gasteiger charge is -2.01. The maximum atomic E-state index is 5.67. The number of fused-ring (bicyclic) bond motifs is 1. The first-order valence-electron chi connectivity index (χ1n) is 5.57. The molecule has 0 radical (unpaired) electrons. The van der Waals surface area contributed by atoms with Crippen LogP contribution in [0.25, 0.3) is 5.65 Å². The van der Waals surface area contributed by atoms with Gasteiger partial charge in [0.2, 0.25) is 0 Å². The molecule has 3 heterocycles. The molecule has 3 aromatic heterocycles. The molecule has 0 aliphatic carbocycles. The van der Waals surface area contributed by atoms with E-state index in [2.05, 4.69) is 24.6 Å². The highest BCUT2D eigenvalue weighted by Gasteiger charge is 2.13. The highest BCUT2D eigenvalue weighted by molar-refractivity contribution is 7.99. The fourth-order valence-electron chi connectivity index (χ4n) is 1.81. The van der Waals surface area contributed by atoms with Crippen molar-refractivity contribution in [1.82, 2.24) is 24.6 Å². The molecule has 0 aliphatic rings. The lowest BCUT2D eigenvalue weighted by molar-refractivity contribution is 0.873. The van der Waals surface area contributed by atoms with Gasteiger partial charge in [0, 0.05) is 12.6 Å². The van der Waals surface area contributed by atoms with E-state index in [-0.39, 0.29) is 0 Å². The second-order valence-corrected chi connectivity index (χ2v) is 4.70. The molecule has 0 fully saturated rings. The first-order chi connectivity index (χ1) is 8.88. The van der Waals surface area contributed by atoms with Gasteiger partial charge in [-0.3, -0.25) is 5.10 Å². The smallest absolute Gasteiger partial charge is 0.189 e. The topological polar surface area (TPSA) is 84.9 Å². The average Bonchev–Trinajstić information content (AvgIpc) is 3.00. The zero-order valence-electron chi connectivity index (χ0n) is 9.58. The molecular weight excluding hydrogens is 248 g/mol. The fourth-order valence-corrected chi connectivity index (χ4v) is 2.64. The van der Waals surface area contributed by atoms with Crippen LogP contribution in [-0.2, 0) is 6.42 Å². The summed E-state index contributed by atoms with van der Waals surface area (Å²) in [5.41, 5.74) is 7.69. The molecule has 0 aliphatic heterocycles. The number of imidazole rings is 1. The van der Waals surface area contributed by atoms with E-state index in [4.69, 9.17) is 5.73 Å². The van der Waals surface area contributed by atoms with Crippen LogP contribution < -0.4 is 5.73 Å². The number of hydrogen-bond donors (Lipinski definition) is 2. The van der Waals surface area contributed by atoms with Crippen molar-refractivity contribution in [3.8, 4) is 0 Å². The van der Waals surface area contributed by atoms with Gasteiger partial charge in [0.05, 0.1) is 5.69 Å². The van der Waals surface area contributed by atoms with Crippen LogP contribution in [0.3, 0.4) is 0 Å². The van der Waals surface area contributed by atoms with E-state index in [0.717, 1.165) is 27.9 Å². The Kier molecular flexibility index (Phi) is 2.99. The summed E-state index contributed by atoms with van der Waals surface area (Å²) in [5, 5.41) is 8.31. The van der Waals surface area contributed by atoms with Gasteiger partial charge in [-0.2, -0.15) is 5.10 Å². The van der Waals surface area contributed by atoms with Crippen LogP contribution in [0.2, 0.25) is 0 Å². The lowest BCUT2D eigenvalue weighted by Crippen LogP contribution is -2.05. The molecule has 18 heavy (non-hydrogen) atoms.